The van der Waals surface area contributed by atoms with Crippen LogP contribution in [0, 0.1) is 0 Å². The van der Waals surface area contributed by atoms with Crippen molar-refractivity contribution >= 4 is 21.7 Å². The van der Waals surface area contributed by atoms with Crippen molar-refractivity contribution in [1.29, 1.82) is 0 Å². The van der Waals surface area contributed by atoms with Crippen molar-refractivity contribution in [3.63, 3.8) is 0 Å². The third-order valence-electron chi connectivity index (χ3n) is 2.63. The minimum atomic E-state index is -3.39. The normalized spacial score (nSPS) is 11.1. The first-order valence-corrected chi connectivity index (χ1v) is 7.86. The summed E-state index contributed by atoms with van der Waals surface area (Å²) in [5.41, 5.74) is 2.24. The monoisotopic (exact) mass is 298 g/mol. The number of carbonyl (C=O) groups is 1. The summed E-state index contributed by atoms with van der Waals surface area (Å²) in [5.74, 6) is -0.385. The molecule has 6 heteroatoms. The van der Waals surface area contributed by atoms with Crippen molar-refractivity contribution in [2.24, 2.45) is 0 Å². The summed E-state index contributed by atoms with van der Waals surface area (Å²) in [6, 6.07) is 6.90. The van der Waals surface area contributed by atoms with Gasteiger partial charge in [-0.15, -0.1) is 0 Å². The molecule has 0 aliphatic carbocycles. The highest BCUT2D eigenvalue weighted by molar-refractivity contribution is 7.85. The highest BCUT2D eigenvalue weighted by Crippen LogP contribution is 2.18. The van der Waals surface area contributed by atoms with Crippen LogP contribution >= 0.6 is 0 Å². The molecule has 1 aromatic rings. The standard InChI is InChI=1S/C14H18O5S/c1-11(5-4-10-19-20(3,16)17)12-6-8-13(9-7-12)14(15)18-2/h6-9H,1,4-5,10H2,2-3H3. The Labute approximate surface area is 119 Å². The molecule has 0 saturated carbocycles. The molecule has 0 fully saturated rings. The van der Waals surface area contributed by atoms with Crippen LogP contribution in [0.1, 0.15) is 28.8 Å². The molecule has 0 spiro atoms. The van der Waals surface area contributed by atoms with E-state index in [4.69, 9.17) is 0 Å². The van der Waals surface area contributed by atoms with Crippen LogP contribution in [-0.4, -0.2) is 34.4 Å². The lowest BCUT2D eigenvalue weighted by molar-refractivity contribution is 0.0600. The molecule has 0 aromatic heterocycles. The highest BCUT2D eigenvalue weighted by Gasteiger charge is 2.06. The number of methoxy groups -OCH3 is 1. The molecular formula is C14H18O5S. The van der Waals surface area contributed by atoms with Crippen molar-refractivity contribution in [2.45, 2.75) is 12.8 Å². The van der Waals surface area contributed by atoms with Crippen LogP contribution in [0.15, 0.2) is 30.8 Å². The fourth-order valence-electron chi connectivity index (χ4n) is 1.60. The summed E-state index contributed by atoms with van der Waals surface area (Å²) in [6.07, 6.45) is 2.20. The van der Waals surface area contributed by atoms with E-state index in [1.807, 2.05) is 0 Å². The van der Waals surface area contributed by atoms with Gasteiger partial charge in [-0.2, -0.15) is 8.42 Å². The van der Waals surface area contributed by atoms with Crippen LogP contribution in [0.4, 0.5) is 0 Å². The second-order valence-electron chi connectivity index (χ2n) is 4.30. The molecule has 0 N–H and O–H groups in total. The summed E-state index contributed by atoms with van der Waals surface area (Å²) in [5, 5.41) is 0. The maximum Gasteiger partial charge on any atom is 0.337 e. The fourth-order valence-corrected chi connectivity index (χ4v) is 2.02. The Balaban J connectivity index is 2.50. The van der Waals surface area contributed by atoms with E-state index in [2.05, 4.69) is 15.5 Å². The van der Waals surface area contributed by atoms with E-state index >= 15 is 0 Å². The topological polar surface area (TPSA) is 69.7 Å². The second-order valence-corrected chi connectivity index (χ2v) is 5.95. The summed E-state index contributed by atoms with van der Waals surface area (Å²) in [6.45, 7) is 4.07. The third kappa shape index (κ3) is 5.54. The van der Waals surface area contributed by atoms with Gasteiger partial charge in [0.25, 0.3) is 10.1 Å². The zero-order chi connectivity index (χ0) is 15.2. The number of esters is 1. The number of carbonyl (C=O) groups excluding carboxylic acids is 1. The van der Waals surface area contributed by atoms with Gasteiger partial charge in [-0.25, -0.2) is 4.79 Å². The molecule has 0 amide bonds. The summed E-state index contributed by atoms with van der Waals surface area (Å²) in [7, 11) is -2.06. The predicted molar refractivity (Wildman–Crippen MR) is 76.8 cm³/mol. The number of rotatable bonds is 7. The minimum Gasteiger partial charge on any atom is -0.465 e. The SMILES string of the molecule is C=C(CCCOS(C)(=O)=O)c1ccc(C(=O)OC)cc1. The largest absolute Gasteiger partial charge is 0.465 e. The molecule has 1 rings (SSSR count). The average molecular weight is 298 g/mol. The van der Waals surface area contributed by atoms with Crippen LogP contribution in [0.3, 0.4) is 0 Å². The number of allylic oxidation sites excluding steroid dienone is 1. The quantitative estimate of drug-likeness (QED) is 0.438. The van der Waals surface area contributed by atoms with E-state index < -0.39 is 10.1 Å². The summed E-state index contributed by atoms with van der Waals surface area (Å²) in [4.78, 5) is 11.3. The molecule has 0 radical (unpaired) electrons. The van der Waals surface area contributed by atoms with Crippen LogP contribution < -0.4 is 0 Å². The van der Waals surface area contributed by atoms with Crippen LogP contribution in [0.25, 0.3) is 5.57 Å². The Morgan fingerprint density at radius 2 is 1.75 bits per heavy atom. The second kappa shape index (κ2) is 7.21. The lowest BCUT2D eigenvalue weighted by atomic mass is 10.0. The maximum atomic E-state index is 11.3. The first-order valence-electron chi connectivity index (χ1n) is 6.04. The molecule has 0 unspecified atom stereocenters. The molecule has 0 bridgehead atoms. The molecule has 0 aliphatic heterocycles. The molecule has 110 valence electrons. The van der Waals surface area contributed by atoms with E-state index in [0.717, 1.165) is 17.4 Å². The van der Waals surface area contributed by atoms with Crippen molar-refractivity contribution in [3.05, 3.63) is 42.0 Å². The Morgan fingerprint density at radius 1 is 1.20 bits per heavy atom. The maximum absolute atomic E-state index is 11.3. The van der Waals surface area contributed by atoms with Gasteiger partial charge in [0, 0.05) is 0 Å². The zero-order valence-electron chi connectivity index (χ0n) is 11.6. The number of hydrogen-bond donors (Lipinski definition) is 0. The van der Waals surface area contributed by atoms with E-state index in [-0.39, 0.29) is 12.6 Å². The van der Waals surface area contributed by atoms with Gasteiger partial charge in [0.15, 0.2) is 0 Å². The number of hydrogen-bond acceptors (Lipinski definition) is 5. The smallest absolute Gasteiger partial charge is 0.337 e. The van der Waals surface area contributed by atoms with Gasteiger partial charge < -0.3 is 4.74 Å². The van der Waals surface area contributed by atoms with Crippen molar-refractivity contribution in [1.82, 2.24) is 0 Å². The van der Waals surface area contributed by atoms with E-state index in [9.17, 15) is 13.2 Å². The Bertz CT molecular complexity index is 572. The van der Waals surface area contributed by atoms with Crippen LogP contribution in [-0.2, 0) is 19.0 Å². The van der Waals surface area contributed by atoms with Gasteiger partial charge >= 0.3 is 5.97 Å². The van der Waals surface area contributed by atoms with Crippen LogP contribution in [0.5, 0.6) is 0 Å². The average Bonchev–Trinajstić information content (AvgIpc) is 2.41. The van der Waals surface area contributed by atoms with E-state index in [0.29, 0.717) is 18.4 Å². The fraction of sp³-hybridized carbons (Fsp3) is 0.357. The van der Waals surface area contributed by atoms with Gasteiger partial charge in [-0.05, 0) is 36.1 Å². The first kappa shape index (κ1) is 16.4. The number of benzene rings is 1. The van der Waals surface area contributed by atoms with Gasteiger partial charge in [-0.3, -0.25) is 4.18 Å². The molecule has 5 nitrogen and oxygen atoms in total. The minimum absolute atomic E-state index is 0.137. The molecule has 0 atom stereocenters. The Morgan fingerprint density at radius 3 is 2.25 bits per heavy atom. The van der Waals surface area contributed by atoms with Gasteiger partial charge in [0.05, 0.1) is 25.5 Å². The molecular weight excluding hydrogens is 280 g/mol. The molecule has 1 aromatic carbocycles. The third-order valence-corrected chi connectivity index (χ3v) is 3.23. The van der Waals surface area contributed by atoms with E-state index in [1.54, 1.807) is 24.3 Å². The van der Waals surface area contributed by atoms with Crippen molar-refractivity contribution in [3.8, 4) is 0 Å². The molecule has 0 saturated heterocycles. The van der Waals surface area contributed by atoms with Crippen molar-refractivity contribution < 1.29 is 22.1 Å². The van der Waals surface area contributed by atoms with Crippen molar-refractivity contribution in [2.75, 3.05) is 20.0 Å². The molecule has 0 heterocycles. The van der Waals surface area contributed by atoms with Gasteiger partial charge in [-0.1, -0.05) is 18.7 Å². The molecule has 20 heavy (non-hydrogen) atoms. The lowest BCUT2D eigenvalue weighted by Crippen LogP contribution is -2.04. The Kier molecular flexibility index (Phi) is 5.91. The predicted octanol–water partition coefficient (Wildman–Crippen LogP) is 2.24. The van der Waals surface area contributed by atoms with Gasteiger partial charge in [0.2, 0.25) is 0 Å². The number of ether oxygens (including phenoxy) is 1. The first-order chi connectivity index (χ1) is 9.33. The lowest BCUT2D eigenvalue weighted by Gasteiger charge is -2.07. The highest BCUT2D eigenvalue weighted by atomic mass is 32.2. The van der Waals surface area contributed by atoms with Crippen LogP contribution in [0.2, 0.25) is 0 Å². The Hall–Kier alpha value is -1.66. The zero-order valence-corrected chi connectivity index (χ0v) is 12.4. The van der Waals surface area contributed by atoms with Gasteiger partial charge in [0.1, 0.15) is 0 Å². The summed E-state index contributed by atoms with van der Waals surface area (Å²) < 4.78 is 30.8. The molecule has 0 aliphatic rings. The van der Waals surface area contributed by atoms with E-state index in [1.165, 1.54) is 7.11 Å². The summed E-state index contributed by atoms with van der Waals surface area (Å²) >= 11 is 0.